The van der Waals surface area contributed by atoms with Gasteiger partial charge in [-0.05, 0) is 37.0 Å². The van der Waals surface area contributed by atoms with Crippen molar-refractivity contribution in [3.8, 4) is 0 Å². The summed E-state index contributed by atoms with van der Waals surface area (Å²) in [6.07, 6.45) is -1.73. The molecule has 0 spiro atoms. The lowest BCUT2D eigenvalue weighted by Gasteiger charge is -2.27. The molecule has 2 aromatic rings. The molecule has 0 radical (unpaired) electrons. The van der Waals surface area contributed by atoms with E-state index in [1.165, 1.54) is 11.3 Å². The van der Waals surface area contributed by atoms with Gasteiger partial charge in [-0.15, -0.1) is 11.3 Å². The van der Waals surface area contributed by atoms with Gasteiger partial charge in [-0.25, -0.2) is 9.98 Å². The Morgan fingerprint density at radius 3 is 2.86 bits per heavy atom. The number of hydrogen-bond donors (Lipinski definition) is 2. The fourth-order valence-corrected chi connectivity index (χ4v) is 4.10. The van der Waals surface area contributed by atoms with Gasteiger partial charge in [-0.2, -0.15) is 13.2 Å². The minimum atomic E-state index is -4.39. The smallest absolute Gasteiger partial charge is 0.374 e. The minimum Gasteiger partial charge on any atom is -0.374 e. The Bertz CT molecular complexity index is 847. The molecule has 5 nitrogen and oxygen atoms in total. The number of guanidine groups is 1. The molecule has 0 saturated heterocycles. The molecule has 1 aliphatic rings. The summed E-state index contributed by atoms with van der Waals surface area (Å²) < 4.78 is 37.9. The number of alkyl halides is 3. The third kappa shape index (κ3) is 5.85. The van der Waals surface area contributed by atoms with Crippen LogP contribution >= 0.6 is 11.3 Å². The lowest BCUT2D eigenvalue weighted by molar-refractivity contribution is -0.140. The van der Waals surface area contributed by atoms with Crippen LogP contribution in [0, 0.1) is 0 Å². The second-order valence-corrected chi connectivity index (χ2v) is 7.93. The zero-order valence-corrected chi connectivity index (χ0v) is 17.5. The van der Waals surface area contributed by atoms with Gasteiger partial charge in [-0.3, -0.25) is 0 Å². The highest BCUT2D eigenvalue weighted by molar-refractivity contribution is 7.09. The van der Waals surface area contributed by atoms with Crippen molar-refractivity contribution in [2.24, 2.45) is 4.99 Å². The number of aromatic nitrogens is 1. The Kier molecular flexibility index (Phi) is 7.00. The predicted molar refractivity (Wildman–Crippen MR) is 112 cm³/mol. The van der Waals surface area contributed by atoms with E-state index in [9.17, 15) is 13.2 Å². The fraction of sp³-hybridized carbons (Fsp3) is 0.500. The second kappa shape index (κ2) is 9.47. The topological polar surface area (TPSA) is 52.6 Å². The molecule has 1 aliphatic heterocycles. The molecule has 1 aromatic heterocycles. The van der Waals surface area contributed by atoms with E-state index in [-0.39, 0.29) is 0 Å². The van der Waals surface area contributed by atoms with E-state index in [0.29, 0.717) is 37.0 Å². The molecule has 0 fully saturated rings. The number of aryl methyl sites for hydroxylation is 1. The highest BCUT2D eigenvalue weighted by Gasteiger charge is 2.33. The van der Waals surface area contributed by atoms with Crippen LogP contribution in [0.4, 0.5) is 18.9 Å². The first-order chi connectivity index (χ1) is 13.9. The number of hydrogen-bond acceptors (Lipinski definition) is 4. The number of nitrogens with zero attached hydrogens (tertiary/aromatic N) is 3. The van der Waals surface area contributed by atoms with Crippen LogP contribution in [0.1, 0.15) is 35.2 Å². The molecule has 29 heavy (non-hydrogen) atoms. The molecule has 158 valence electrons. The molecule has 0 unspecified atom stereocenters. The molecule has 0 atom stereocenters. The van der Waals surface area contributed by atoms with Crippen LogP contribution in [-0.4, -0.2) is 37.6 Å². The average Bonchev–Trinajstić information content (AvgIpc) is 3.16. The monoisotopic (exact) mass is 425 g/mol. The van der Waals surface area contributed by atoms with Crippen molar-refractivity contribution in [1.82, 2.24) is 15.6 Å². The Morgan fingerprint density at radius 2 is 2.14 bits per heavy atom. The van der Waals surface area contributed by atoms with Gasteiger partial charge >= 0.3 is 6.18 Å². The van der Waals surface area contributed by atoms with Crippen molar-refractivity contribution in [3.63, 3.8) is 0 Å². The van der Waals surface area contributed by atoms with Crippen LogP contribution in [-0.2, 0) is 25.6 Å². The molecule has 9 heteroatoms. The molecule has 2 heterocycles. The number of rotatable bonds is 6. The molecule has 0 bridgehead atoms. The van der Waals surface area contributed by atoms with Gasteiger partial charge in [0, 0.05) is 44.2 Å². The maximum Gasteiger partial charge on any atom is 0.434 e. The van der Waals surface area contributed by atoms with Crippen LogP contribution in [0.15, 0.2) is 28.6 Å². The molecular weight excluding hydrogens is 399 g/mol. The lowest BCUT2D eigenvalue weighted by atomic mass is 10.00. The molecule has 1 aromatic carbocycles. The van der Waals surface area contributed by atoms with Gasteiger partial charge in [0.2, 0.25) is 0 Å². The number of nitrogens with one attached hydrogen (secondary N) is 2. The van der Waals surface area contributed by atoms with Crippen LogP contribution in [0.2, 0.25) is 0 Å². The van der Waals surface area contributed by atoms with Gasteiger partial charge < -0.3 is 15.5 Å². The number of anilines is 1. The van der Waals surface area contributed by atoms with Gasteiger partial charge in [0.1, 0.15) is 0 Å². The van der Waals surface area contributed by atoms with E-state index in [1.807, 2.05) is 6.92 Å². The molecule has 2 N–H and O–H groups in total. The summed E-state index contributed by atoms with van der Waals surface area (Å²) in [5, 5.41) is 7.86. The van der Waals surface area contributed by atoms with Crippen molar-refractivity contribution >= 4 is 23.0 Å². The van der Waals surface area contributed by atoms with Crippen LogP contribution < -0.4 is 15.5 Å². The van der Waals surface area contributed by atoms with Crippen molar-refractivity contribution in [1.29, 1.82) is 0 Å². The summed E-state index contributed by atoms with van der Waals surface area (Å²) >= 11 is 1.03. The quantitative estimate of drug-likeness (QED) is 0.545. The van der Waals surface area contributed by atoms with Crippen LogP contribution in [0.3, 0.4) is 0 Å². The summed E-state index contributed by atoms with van der Waals surface area (Å²) in [5.41, 5.74) is 2.96. The summed E-state index contributed by atoms with van der Waals surface area (Å²) in [7, 11) is 2.11. The van der Waals surface area contributed by atoms with E-state index in [2.05, 4.69) is 50.8 Å². The summed E-state index contributed by atoms with van der Waals surface area (Å²) in [4.78, 5) is 10.5. The van der Waals surface area contributed by atoms with Gasteiger partial charge in [-0.1, -0.05) is 12.1 Å². The number of thiazole rings is 1. The van der Waals surface area contributed by atoms with Gasteiger partial charge in [0.15, 0.2) is 11.7 Å². The number of benzene rings is 1. The highest BCUT2D eigenvalue weighted by atomic mass is 32.1. The molecule has 0 saturated carbocycles. The van der Waals surface area contributed by atoms with Crippen LogP contribution in [0.25, 0.3) is 0 Å². The molecule has 3 rings (SSSR count). The van der Waals surface area contributed by atoms with E-state index < -0.39 is 11.9 Å². The van der Waals surface area contributed by atoms with Crippen molar-refractivity contribution in [2.75, 3.05) is 31.6 Å². The molecule has 0 amide bonds. The highest BCUT2D eigenvalue weighted by Crippen LogP contribution is 2.30. The Morgan fingerprint density at radius 1 is 1.31 bits per heavy atom. The number of halogens is 3. The maximum absolute atomic E-state index is 12.6. The SMILES string of the molecule is CCNC(=NCc1ccc2c(c1)CCCN2C)NCCc1nc(C(F)(F)F)cs1. The first-order valence-electron chi connectivity index (χ1n) is 9.73. The summed E-state index contributed by atoms with van der Waals surface area (Å²) in [5.74, 6) is 0.648. The number of aliphatic imine (C=N–C) groups is 1. The Labute approximate surface area is 173 Å². The number of fused-ring (bicyclic) bond motifs is 1. The van der Waals surface area contributed by atoms with E-state index in [1.54, 1.807) is 0 Å². The second-order valence-electron chi connectivity index (χ2n) is 6.98. The fourth-order valence-electron chi connectivity index (χ4n) is 3.29. The van der Waals surface area contributed by atoms with Gasteiger partial charge in [0.05, 0.1) is 11.6 Å². The third-order valence-corrected chi connectivity index (χ3v) is 5.64. The largest absolute Gasteiger partial charge is 0.434 e. The zero-order chi connectivity index (χ0) is 20.9. The van der Waals surface area contributed by atoms with Crippen molar-refractivity contribution in [2.45, 2.75) is 38.9 Å². The Hall–Kier alpha value is -2.29. The Balaban J connectivity index is 1.56. The average molecular weight is 426 g/mol. The maximum atomic E-state index is 12.6. The normalized spacial score (nSPS) is 14.7. The summed E-state index contributed by atoms with van der Waals surface area (Å²) in [6.45, 7) is 4.77. The first-order valence-corrected chi connectivity index (χ1v) is 10.6. The molecular formula is C20H26F3N5S. The standard InChI is InChI=1S/C20H26F3N5S/c1-3-24-19(25-9-8-18-27-17(13-29-18)20(21,22)23)26-12-14-6-7-16-15(11-14)5-4-10-28(16)2/h6-7,11,13H,3-5,8-10,12H2,1-2H3,(H2,24,25,26). The zero-order valence-electron chi connectivity index (χ0n) is 16.6. The molecule has 0 aliphatic carbocycles. The van der Waals surface area contributed by atoms with Crippen molar-refractivity contribution in [3.05, 3.63) is 45.4 Å². The minimum absolute atomic E-state index is 0.413. The van der Waals surface area contributed by atoms with Crippen LogP contribution in [0.5, 0.6) is 0 Å². The van der Waals surface area contributed by atoms with E-state index >= 15 is 0 Å². The van der Waals surface area contributed by atoms with E-state index in [4.69, 9.17) is 0 Å². The van der Waals surface area contributed by atoms with Gasteiger partial charge in [0.25, 0.3) is 0 Å². The van der Waals surface area contributed by atoms with E-state index in [0.717, 1.165) is 41.7 Å². The predicted octanol–water partition coefficient (Wildman–Crippen LogP) is 3.84. The first kappa shape index (κ1) is 21.4. The van der Waals surface area contributed by atoms with Crippen molar-refractivity contribution < 1.29 is 13.2 Å². The lowest BCUT2D eigenvalue weighted by Crippen LogP contribution is -2.38. The summed E-state index contributed by atoms with van der Waals surface area (Å²) in [6, 6.07) is 6.47. The third-order valence-electron chi connectivity index (χ3n) is 4.73.